The van der Waals surface area contributed by atoms with E-state index < -0.39 is 11.9 Å². The molecule has 8 nitrogen and oxygen atoms in total. The minimum atomic E-state index is -0.705. The van der Waals surface area contributed by atoms with Crippen molar-refractivity contribution in [2.24, 2.45) is 5.73 Å². The van der Waals surface area contributed by atoms with Gasteiger partial charge < -0.3 is 26.1 Å². The predicted molar refractivity (Wildman–Crippen MR) is 139 cm³/mol. The van der Waals surface area contributed by atoms with Crippen LogP contribution in [0, 0.1) is 0 Å². The molecule has 0 spiro atoms. The molecule has 0 saturated heterocycles. The molecule has 4 aromatic rings. The van der Waals surface area contributed by atoms with E-state index in [1.165, 1.54) is 0 Å². The molecule has 35 heavy (non-hydrogen) atoms. The third-order valence-electron chi connectivity index (χ3n) is 5.47. The van der Waals surface area contributed by atoms with Crippen LogP contribution >= 0.6 is 11.6 Å². The Balaban J connectivity index is 1.68. The Morgan fingerprint density at radius 1 is 1.00 bits per heavy atom. The average molecular weight is 493 g/mol. The number of benzene rings is 3. The summed E-state index contributed by atoms with van der Waals surface area (Å²) in [5.74, 6) is -0.966. The highest BCUT2D eigenvalue weighted by Crippen LogP contribution is 2.26. The van der Waals surface area contributed by atoms with E-state index in [0.29, 0.717) is 38.1 Å². The molecule has 0 aliphatic rings. The summed E-state index contributed by atoms with van der Waals surface area (Å²) in [5, 5.41) is 8.25. The highest BCUT2D eigenvalue weighted by molar-refractivity contribution is 6.30. The van der Waals surface area contributed by atoms with Crippen molar-refractivity contribution >= 4 is 56.5 Å². The van der Waals surface area contributed by atoms with Crippen molar-refractivity contribution in [1.82, 2.24) is 4.98 Å². The van der Waals surface area contributed by atoms with E-state index in [-0.39, 0.29) is 29.7 Å². The minimum absolute atomic E-state index is 0.0651. The first-order chi connectivity index (χ1) is 16.7. The number of aromatic nitrogens is 1. The van der Waals surface area contributed by atoms with Gasteiger partial charge in [0.2, 0.25) is 5.91 Å². The molecule has 180 valence electrons. The van der Waals surface area contributed by atoms with Gasteiger partial charge in [-0.25, -0.2) is 0 Å². The molecule has 0 aliphatic carbocycles. The molecule has 1 aromatic heterocycles. The number of H-pyrrole nitrogens is 1. The number of pyridine rings is 1. The molecule has 9 heteroatoms. The van der Waals surface area contributed by atoms with Crippen molar-refractivity contribution in [3.8, 4) is 0 Å². The van der Waals surface area contributed by atoms with E-state index >= 15 is 0 Å². The molecule has 1 atom stereocenters. The summed E-state index contributed by atoms with van der Waals surface area (Å²) < 4.78 is 5.70. The number of anilines is 2. The van der Waals surface area contributed by atoms with Crippen molar-refractivity contribution in [1.29, 1.82) is 0 Å². The third kappa shape index (κ3) is 5.45. The third-order valence-corrected chi connectivity index (χ3v) is 5.70. The second kappa shape index (κ2) is 10.2. The number of rotatable bonds is 8. The zero-order valence-electron chi connectivity index (χ0n) is 19.2. The summed E-state index contributed by atoms with van der Waals surface area (Å²) in [4.78, 5) is 40.5. The van der Waals surface area contributed by atoms with E-state index in [4.69, 9.17) is 22.1 Å². The number of primary amides is 1. The molecular formula is C26H25ClN4O4. The van der Waals surface area contributed by atoms with Gasteiger partial charge in [0.1, 0.15) is 6.04 Å². The van der Waals surface area contributed by atoms with Crippen LogP contribution in [-0.2, 0) is 9.53 Å². The van der Waals surface area contributed by atoms with E-state index in [1.807, 2.05) is 19.9 Å². The number of amides is 2. The number of para-hydroxylation sites is 1. The van der Waals surface area contributed by atoms with Gasteiger partial charge in [0.05, 0.1) is 23.8 Å². The monoisotopic (exact) mass is 492 g/mol. The molecule has 0 fully saturated rings. The summed E-state index contributed by atoms with van der Waals surface area (Å²) in [6, 6.07) is 16.4. The number of hydrogen-bond donors (Lipinski definition) is 4. The Hall–Kier alpha value is -3.88. The maximum atomic E-state index is 13.2. The van der Waals surface area contributed by atoms with Crippen molar-refractivity contribution < 1.29 is 14.3 Å². The van der Waals surface area contributed by atoms with Crippen LogP contribution < -0.4 is 21.9 Å². The summed E-state index contributed by atoms with van der Waals surface area (Å²) in [6.07, 6.45) is -0.0651. The van der Waals surface area contributed by atoms with Gasteiger partial charge in [-0.05, 0) is 61.7 Å². The Kier molecular flexibility index (Phi) is 7.04. The molecule has 1 heterocycles. The van der Waals surface area contributed by atoms with Gasteiger partial charge in [0.25, 0.3) is 11.5 Å². The summed E-state index contributed by atoms with van der Waals surface area (Å²) in [6.45, 7) is 3.91. The topological polar surface area (TPSA) is 126 Å². The van der Waals surface area contributed by atoms with Crippen LogP contribution in [0.3, 0.4) is 0 Å². The predicted octanol–water partition coefficient (Wildman–Crippen LogP) is 4.28. The van der Waals surface area contributed by atoms with Gasteiger partial charge in [-0.1, -0.05) is 29.8 Å². The molecule has 4 rings (SSSR count). The molecule has 0 unspecified atom stereocenters. The molecule has 2 amide bonds. The number of carbonyl (C=O) groups excluding carboxylic acids is 2. The number of halogens is 1. The Morgan fingerprint density at radius 3 is 2.49 bits per heavy atom. The lowest BCUT2D eigenvalue weighted by Crippen LogP contribution is -2.39. The minimum Gasteiger partial charge on any atom is -0.376 e. The van der Waals surface area contributed by atoms with Crippen LogP contribution in [0.25, 0.3) is 21.7 Å². The summed E-state index contributed by atoms with van der Waals surface area (Å²) >= 11 is 6.08. The van der Waals surface area contributed by atoms with Crippen LogP contribution in [0.1, 0.15) is 24.2 Å². The van der Waals surface area contributed by atoms with Gasteiger partial charge in [0.15, 0.2) is 0 Å². The number of fused-ring (bicyclic) bond motifs is 3. The lowest BCUT2D eigenvalue weighted by Gasteiger charge is -2.21. The summed E-state index contributed by atoms with van der Waals surface area (Å²) in [7, 11) is 0. The smallest absolute Gasteiger partial charge is 0.256 e. The molecule has 0 aliphatic heterocycles. The highest BCUT2D eigenvalue weighted by Gasteiger charge is 2.20. The first-order valence-electron chi connectivity index (χ1n) is 11.1. The largest absolute Gasteiger partial charge is 0.376 e. The van der Waals surface area contributed by atoms with E-state index in [2.05, 4.69) is 15.6 Å². The van der Waals surface area contributed by atoms with Crippen molar-refractivity contribution in [2.45, 2.75) is 26.0 Å². The van der Waals surface area contributed by atoms with Crippen molar-refractivity contribution in [3.63, 3.8) is 0 Å². The van der Waals surface area contributed by atoms with Crippen molar-refractivity contribution in [3.05, 3.63) is 81.6 Å². The van der Waals surface area contributed by atoms with Gasteiger partial charge in [-0.15, -0.1) is 0 Å². The van der Waals surface area contributed by atoms with Gasteiger partial charge >= 0.3 is 0 Å². The second-order valence-corrected chi connectivity index (χ2v) is 8.82. The average Bonchev–Trinajstić information content (AvgIpc) is 2.81. The highest BCUT2D eigenvalue weighted by atomic mass is 35.5. The van der Waals surface area contributed by atoms with Crippen molar-refractivity contribution in [2.75, 3.05) is 17.2 Å². The second-order valence-electron chi connectivity index (χ2n) is 8.39. The Bertz CT molecular complexity index is 1480. The maximum absolute atomic E-state index is 13.2. The van der Waals surface area contributed by atoms with Crippen LogP contribution in [-0.4, -0.2) is 35.6 Å². The van der Waals surface area contributed by atoms with E-state index in [1.54, 1.807) is 54.6 Å². The molecule has 3 aromatic carbocycles. The normalized spacial score (nSPS) is 12.1. The van der Waals surface area contributed by atoms with Crippen LogP contribution in [0.5, 0.6) is 0 Å². The first-order valence-corrected chi connectivity index (χ1v) is 11.4. The van der Waals surface area contributed by atoms with Gasteiger partial charge in [-0.2, -0.15) is 0 Å². The van der Waals surface area contributed by atoms with Gasteiger partial charge in [-0.3, -0.25) is 14.4 Å². The van der Waals surface area contributed by atoms with Gasteiger partial charge in [0, 0.05) is 27.2 Å². The fraction of sp³-hybridized carbons (Fsp3) is 0.192. The van der Waals surface area contributed by atoms with Crippen LogP contribution in [0.2, 0.25) is 5.02 Å². The fourth-order valence-corrected chi connectivity index (χ4v) is 4.01. The zero-order chi connectivity index (χ0) is 25.1. The molecular weight excluding hydrogens is 468 g/mol. The number of nitrogens with two attached hydrogens (primary N) is 1. The Labute approximate surface area is 206 Å². The quantitative estimate of drug-likeness (QED) is 0.273. The number of aromatic amines is 1. The fourth-order valence-electron chi connectivity index (χ4n) is 3.82. The van der Waals surface area contributed by atoms with E-state index in [0.717, 1.165) is 0 Å². The Morgan fingerprint density at radius 2 is 1.77 bits per heavy atom. The number of ether oxygens (including phenoxy) is 1. The van der Waals surface area contributed by atoms with Crippen LogP contribution in [0.15, 0.2) is 65.5 Å². The zero-order valence-corrected chi connectivity index (χ0v) is 20.0. The molecule has 0 radical (unpaired) electrons. The summed E-state index contributed by atoms with van der Waals surface area (Å²) in [5.41, 5.74) is 6.86. The van der Waals surface area contributed by atoms with Crippen LogP contribution in [0.4, 0.5) is 11.4 Å². The number of hydrogen-bond acceptors (Lipinski definition) is 5. The standard InChI is InChI=1S/C26H25ClN4O4/c1-14(2)35-13-22(29-16-6-3-5-15(27)11-16)26(34)30-17-9-10-19-21(12-17)18-7-4-8-20(24(28)32)23(18)31-25(19)33/h3-12,14,22,29H,13H2,1-2H3,(H2,28,32)(H,30,34)(H,31,33)/t22-/m0/s1. The molecule has 0 saturated carbocycles. The lowest BCUT2D eigenvalue weighted by molar-refractivity contribution is -0.118. The van der Waals surface area contributed by atoms with E-state index in [9.17, 15) is 14.4 Å². The number of carbonyl (C=O) groups is 2. The molecule has 0 bridgehead atoms. The first kappa shape index (κ1) is 24.3. The number of nitrogens with one attached hydrogen (secondary N) is 3. The molecule has 5 N–H and O–H groups in total. The lowest BCUT2D eigenvalue weighted by atomic mass is 10.0. The SMILES string of the molecule is CC(C)OC[C@H](Nc1cccc(Cl)c1)C(=O)Nc1ccc2c(=O)[nH]c3c(C(N)=O)cccc3c2c1. The maximum Gasteiger partial charge on any atom is 0.256 e.